The van der Waals surface area contributed by atoms with Crippen molar-refractivity contribution in [1.29, 1.82) is 0 Å². The van der Waals surface area contributed by atoms with Crippen LogP contribution in [0, 0.1) is 10.1 Å². The van der Waals surface area contributed by atoms with Gasteiger partial charge in [0.15, 0.2) is 0 Å². The van der Waals surface area contributed by atoms with E-state index in [2.05, 4.69) is 11.4 Å². The first-order chi connectivity index (χ1) is 13.0. The molecule has 1 fully saturated rings. The van der Waals surface area contributed by atoms with Crippen molar-refractivity contribution < 1.29 is 14.5 Å². The van der Waals surface area contributed by atoms with Crippen molar-refractivity contribution >= 4 is 28.9 Å². The summed E-state index contributed by atoms with van der Waals surface area (Å²) in [5.74, 6) is -0.646. The molecule has 7 nitrogen and oxygen atoms in total. The lowest BCUT2D eigenvalue weighted by Gasteiger charge is -2.27. The molecule has 0 unspecified atom stereocenters. The predicted molar refractivity (Wildman–Crippen MR) is 101 cm³/mol. The molecule has 0 spiro atoms. The largest absolute Gasteiger partial charge is 0.373 e. The molecular weight excluding hydrogens is 346 g/mol. The van der Waals surface area contributed by atoms with Crippen LogP contribution in [0.25, 0.3) is 0 Å². The molecule has 27 heavy (non-hydrogen) atoms. The monoisotopic (exact) mass is 365 g/mol. The van der Waals surface area contributed by atoms with Gasteiger partial charge < -0.3 is 5.32 Å². The van der Waals surface area contributed by atoms with Crippen LogP contribution in [0.5, 0.6) is 0 Å². The molecule has 0 saturated carbocycles. The third-order valence-electron chi connectivity index (χ3n) is 5.19. The van der Waals surface area contributed by atoms with Gasteiger partial charge in [-0.1, -0.05) is 24.3 Å². The average molecular weight is 365 g/mol. The van der Waals surface area contributed by atoms with E-state index in [1.165, 1.54) is 11.6 Å². The Balaban J connectivity index is 1.67. The second-order valence-electron chi connectivity index (χ2n) is 6.87. The van der Waals surface area contributed by atoms with E-state index in [-0.39, 0.29) is 42.1 Å². The Morgan fingerprint density at radius 2 is 1.78 bits per heavy atom. The number of fused-ring (bicyclic) bond motifs is 1. The minimum atomic E-state index is -0.481. The summed E-state index contributed by atoms with van der Waals surface area (Å²) in [6.07, 6.45) is 3.20. The molecule has 2 aromatic carbocycles. The van der Waals surface area contributed by atoms with Crippen molar-refractivity contribution in [3.8, 4) is 0 Å². The number of nitro benzene ring substituents is 1. The lowest BCUT2D eigenvalue weighted by molar-refractivity contribution is -0.383. The van der Waals surface area contributed by atoms with Crippen molar-refractivity contribution in [3.63, 3.8) is 0 Å². The van der Waals surface area contributed by atoms with Gasteiger partial charge >= 0.3 is 0 Å². The van der Waals surface area contributed by atoms with Crippen LogP contribution in [0.2, 0.25) is 0 Å². The normalized spacial score (nSPS) is 19.1. The Labute approximate surface area is 156 Å². The molecule has 0 bridgehead atoms. The van der Waals surface area contributed by atoms with Gasteiger partial charge in [0.25, 0.3) is 5.69 Å². The van der Waals surface area contributed by atoms with Crippen LogP contribution in [0.1, 0.15) is 42.9 Å². The summed E-state index contributed by atoms with van der Waals surface area (Å²) in [5.41, 5.74) is 2.93. The quantitative estimate of drug-likeness (QED) is 0.506. The molecule has 4 rings (SSSR count). The van der Waals surface area contributed by atoms with E-state index in [9.17, 15) is 19.7 Å². The summed E-state index contributed by atoms with van der Waals surface area (Å²) in [6, 6.07) is 12.6. The highest BCUT2D eigenvalue weighted by Gasteiger charge is 2.32. The zero-order valence-electron chi connectivity index (χ0n) is 14.7. The van der Waals surface area contributed by atoms with E-state index in [0.29, 0.717) is 5.69 Å². The number of nitrogens with zero attached hydrogens (tertiary/aromatic N) is 2. The predicted octanol–water partition coefficient (Wildman–Crippen LogP) is 3.74. The van der Waals surface area contributed by atoms with E-state index in [4.69, 9.17) is 0 Å². The van der Waals surface area contributed by atoms with Crippen molar-refractivity contribution in [2.24, 2.45) is 0 Å². The zero-order valence-corrected chi connectivity index (χ0v) is 14.7. The number of anilines is 2. The standard InChI is InChI=1S/C20H19N3O4/c24-19-10-11-20(25)22(19)14-8-9-17(18(12-14)23(26)27)21-16-7-3-5-13-4-1-2-6-15(13)16/h1-2,4,6,8-9,12,16,21H,3,5,7,10-11H2/t16-/m0/s1. The maximum absolute atomic E-state index is 11.9. The Morgan fingerprint density at radius 3 is 2.52 bits per heavy atom. The second kappa shape index (κ2) is 6.83. The number of carbonyl (C=O) groups is 2. The van der Waals surface area contributed by atoms with Crippen molar-refractivity contribution in [1.82, 2.24) is 0 Å². The zero-order chi connectivity index (χ0) is 19.0. The Kier molecular flexibility index (Phi) is 4.35. The van der Waals surface area contributed by atoms with Crippen molar-refractivity contribution in [3.05, 3.63) is 63.7 Å². The molecule has 1 N–H and O–H groups in total. The first-order valence-electron chi connectivity index (χ1n) is 9.03. The van der Waals surface area contributed by atoms with Crippen molar-refractivity contribution in [2.75, 3.05) is 10.2 Å². The number of aryl methyl sites for hydroxylation is 1. The molecule has 1 atom stereocenters. The minimum Gasteiger partial charge on any atom is -0.373 e. The summed E-state index contributed by atoms with van der Waals surface area (Å²) < 4.78 is 0. The lowest BCUT2D eigenvalue weighted by Crippen LogP contribution is -2.28. The first kappa shape index (κ1) is 17.2. The number of imide groups is 1. The summed E-state index contributed by atoms with van der Waals surface area (Å²) in [7, 11) is 0. The maximum atomic E-state index is 11.9. The number of amides is 2. The van der Waals surface area contributed by atoms with Gasteiger partial charge in [0, 0.05) is 18.9 Å². The van der Waals surface area contributed by atoms with Gasteiger partial charge in [-0.05, 0) is 42.5 Å². The highest BCUT2D eigenvalue weighted by molar-refractivity contribution is 6.20. The van der Waals surface area contributed by atoms with Crippen molar-refractivity contribution in [2.45, 2.75) is 38.1 Å². The molecule has 1 aliphatic heterocycles. The van der Waals surface area contributed by atoms with E-state index in [1.54, 1.807) is 12.1 Å². The van der Waals surface area contributed by atoms with Crippen LogP contribution in [-0.2, 0) is 16.0 Å². The fourth-order valence-corrected chi connectivity index (χ4v) is 3.89. The Morgan fingerprint density at radius 1 is 1.04 bits per heavy atom. The number of rotatable bonds is 4. The van der Waals surface area contributed by atoms with E-state index in [1.807, 2.05) is 18.2 Å². The fourth-order valence-electron chi connectivity index (χ4n) is 3.89. The average Bonchev–Trinajstić information content (AvgIpc) is 3.01. The summed E-state index contributed by atoms with van der Waals surface area (Å²) in [6.45, 7) is 0. The molecule has 2 amide bonds. The maximum Gasteiger partial charge on any atom is 0.294 e. The third-order valence-corrected chi connectivity index (χ3v) is 5.19. The molecule has 0 radical (unpaired) electrons. The van der Waals surface area contributed by atoms with Gasteiger partial charge in [-0.3, -0.25) is 24.6 Å². The molecule has 0 aromatic heterocycles. The number of nitrogens with one attached hydrogen (secondary N) is 1. The number of benzene rings is 2. The number of nitro groups is 1. The second-order valence-corrected chi connectivity index (χ2v) is 6.87. The fraction of sp³-hybridized carbons (Fsp3) is 0.300. The number of hydrogen-bond donors (Lipinski definition) is 1. The highest BCUT2D eigenvalue weighted by atomic mass is 16.6. The number of carbonyl (C=O) groups excluding carboxylic acids is 2. The van der Waals surface area contributed by atoms with Gasteiger partial charge in [0.1, 0.15) is 5.69 Å². The van der Waals surface area contributed by atoms with Gasteiger partial charge in [-0.25, -0.2) is 0 Å². The van der Waals surface area contributed by atoms with E-state index < -0.39 is 4.92 Å². The van der Waals surface area contributed by atoms with Gasteiger partial charge in [0.2, 0.25) is 11.8 Å². The highest BCUT2D eigenvalue weighted by Crippen LogP contribution is 2.37. The van der Waals surface area contributed by atoms with Crippen LogP contribution in [0.3, 0.4) is 0 Å². The van der Waals surface area contributed by atoms with Crippen LogP contribution in [-0.4, -0.2) is 16.7 Å². The van der Waals surface area contributed by atoms with Crippen LogP contribution < -0.4 is 10.2 Å². The molecule has 2 aliphatic rings. The summed E-state index contributed by atoms with van der Waals surface area (Å²) in [4.78, 5) is 36.0. The molecule has 2 aromatic rings. The third kappa shape index (κ3) is 3.16. The van der Waals surface area contributed by atoms with Gasteiger partial charge in [-0.2, -0.15) is 0 Å². The molecule has 1 saturated heterocycles. The Hall–Kier alpha value is -3.22. The minimum absolute atomic E-state index is 0.00505. The van der Waals surface area contributed by atoms with Crippen LogP contribution in [0.4, 0.5) is 17.1 Å². The topological polar surface area (TPSA) is 92.6 Å². The molecule has 1 heterocycles. The Bertz CT molecular complexity index is 925. The molecule has 7 heteroatoms. The first-order valence-corrected chi connectivity index (χ1v) is 9.03. The molecular formula is C20H19N3O4. The summed E-state index contributed by atoms with van der Waals surface area (Å²) >= 11 is 0. The van der Waals surface area contributed by atoms with Gasteiger partial charge in [-0.15, -0.1) is 0 Å². The molecule has 138 valence electrons. The van der Waals surface area contributed by atoms with E-state index >= 15 is 0 Å². The molecule has 1 aliphatic carbocycles. The SMILES string of the molecule is O=C1CCC(=O)N1c1ccc(N[C@H]2CCCc3ccccc32)c([N+](=O)[O-])c1. The van der Waals surface area contributed by atoms with Gasteiger partial charge in [0.05, 0.1) is 16.7 Å². The van der Waals surface area contributed by atoms with Crippen LogP contribution in [0.15, 0.2) is 42.5 Å². The van der Waals surface area contributed by atoms with E-state index in [0.717, 1.165) is 29.7 Å². The lowest BCUT2D eigenvalue weighted by atomic mass is 9.87. The number of hydrogen-bond acceptors (Lipinski definition) is 5. The summed E-state index contributed by atoms with van der Waals surface area (Å²) in [5, 5.41) is 14.9. The smallest absolute Gasteiger partial charge is 0.294 e. The van der Waals surface area contributed by atoms with Crippen LogP contribution >= 0.6 is 0 Å².